The third kappa shape index (κ3) is 4.11. The van der Waals surface area contributed by atoms with Crippen LogP contribution in [0.5, 0.6) is 0 Å². The summed E-state index contributed by atoms with van der Waals surface area (Å²) in [4.78, 5) is 24.7. The van der Waals surface area contributed by atoms with Crippen LogP contribution in [0.15, 0.2) is 30.5 Å². The molecule has 26 heavy (non-hydrogen) atoms. The largest absolute Gasteiger partial charge is 0.382 e. The van der Waals surface area contributed by atoms with Crippen LogP contribution in [0.1, 0.15) is 40.5 Å². The normalized spacial score (nSPS) is 14.7. The molecule has 0 unspecified atom stereocenters. The minimum atomic E-state index is -0.314. The van der Waals surface area contributed by atoms with Crippen LogP contribution >= 0.6 is 0 Å². The quantitative estimate of drug-likeness (QED) is 0.796. The van der Waals surface area contributed by atoms with Crippen molar-refractivity contribution in [2.24, 2.45) is 13.0 Å². The lowest BCUT2D eigenvalue weighted by Crippen LogP contribution is -2.32. The first-order valence-corrected chi connectivity index (χ1v) is 8.69. The predicted molar refractivity (Wildman–Crippen MR) is 97.8 cm³/mol. The molecule has 2 aromatic rings. The second kappa shape index (κ2) is 7.70. The summed E-state index contributed by atoms with van der Waals surface area (Å²) < 4.78 is 6.94. The number of aryl methyl sites for hydroxylation is 2. The van der Waals surface area contributed by atoms with E-state index in [1.165, 1.54) is 0 Å². The topological polar surface area (TPSA) is 85.2 Å². The molecular weight excluding hydrogens is 332 g/mol. The summed E-state index contributed by atoms with van der Waals surface area (Å²) in [5.74, 6) is -0.0872. The van der Waals surface area contributed by atoms with Gasteiger partial charge in [0.2, 0.25) is 5.91 Å². The SMILES string of the molecule is COC[C@@H](NC(=O)c1ccc(C)c(NC(=O)C2CC2)c1)c1ccnn1C. The Labute approximate surface area is 152 Å². The van der Waals surface area contributed by atoms with Crippen molar-refractivity contribution in [2.75, 3.05) is 19.0 Å². The van der Waals surface area contributed by atoms with Crippen molar-refractivity contribution < 1.29 is 14.3 Å². The van der Waals surface area contributed by atoms with Crippen LogP contribution in [-0.4, -0.2) is 35.3 Å². The maximum atomic E-state index is 12.7. The summed E-state index contributed by atoms with van der Waals surface area (Å²) in [5.41, 5.74) is 2.95. The van der Waals surface area contributed by atoms with E-state index < -0.39 is 0 Å². The Hall–Kier alpha value is -2.67. The fraction of sp³-hybridized carbons (Fsp3) is 0.421. The number of benzene rings is 1. The summed E-state index contributed by atoms with van der Waals surface area (Å²) in [6.07, 6.45) is 3.56. The molecule has 1 fully saturated rings. The van der Waals surface area contributed by atoms with E-state index in [9.17, 15) is 9.59 Å². The standard InChI is InChI=1S/C19H24N4O3/c1-12-4-5-14(10-15(12)21-18(24)13-6-7-13)19(25)22-16(11-26-3)17-8-9-20-23(17)2/h4-5,8-10,13,16H,6-7,11H2,1-3H3,(H,21,24)(H,22,25)/t16-/m1/s1. The second-order valence-electron chi connectivity index (χ2n) is 6.65. The van der Waals surface area contributed by atoms with Gasteiger partial charge in [0, 0.05) is 37.5 Å². The van der Waals surface area contributed by atoms with E-state index in [1.54, 1.807) is 30.1 Å². The van der Waals surface area contributed by atoms with Gasteiger partial charge in [-0.2, -0.15) is 5.10 Å². The zero-order valence-electron chi connectivity index (χ0n) is 15.3. The van der Waals surface area contributed by atoms with E-state index in [4.69, 9.17) is 4.74 Å². The molecule has 138 valence electrons. The number of methoxy groups -OCH3 is 1. The Morgan fingerprint density at radius 1 is 1.35 bits per heavy atom. The fourth-order valence-electron chi connectivity index (χ4n) is 2.81. The third-order valence-electron chi connectivity index (χ3n) is 4.56. The molecule has 7 nitrogen and oxygen atoms in total. The van der Waals surface area contributed by atoms with Gasteiger partial charge in [-0.15, -0.1) is 0 Å². The van der Waals surface area contributed by atoms with Crippen LogP contribution in [0.25, 0.3) is 0 Å². The zero-order chi connectivity index (χ0) is 18.7. The van der Waals surface area contributed by atoms with Crippen molar-refractivity contribution in [1.29, 1.82) is 0 Å². The first-order valence-electron chi connectivity index (χ1n) is 8.69. The summed E-state index contributed by atoms with van der Waals surface area (Å²) >= 11 is 0. The molecule has 1 aromatic carbocycles. The van der Waals surface area contributed by atoms with Gasteiger partial charge >= 0.3 is 0 Å². The molecule has 7 heteroatoms. The highest BCUT2D eigenvalue weighted by Gasteiger charge is 2.30. The highest BCUT2D eigenvalue weighted by atomic mass is 16.5. The van der Waals surface area contributed by atoms with Crippen LogP contribution in [0, 0.1) is 12.8 Å². The Morgan fingerprint density at radius 3 is 2.73 bits per heavy atom. The number of rotatable bonds is 7. The van der Waals surface area contributed by atoms with Gasteiger partial charge in [-0.05, 0) is 43.5 Å². The number of hydrogen-bond acceptors (Lipinski definition) is 4. The minimum Gasteiger partial charge on any atom is -0.382 e. The summed E-state index contributed by atoms with van der Waals surface area (Å²) in [7, 11) is 3.41. The molecule has 2 N–H and O–H groups in total. The zero-order valence-corrected chi connectivity index (χ0v) is 15.3. The molecule has 1 aromatic heterocycles. The lowest BCUT2D eigenvalue weighted by molar-refractivity contribution is -0.117. The first kappa shape index (κ1) is 18.1. The van der Waals surface area contributed by atoms with Crippen LogP contribution in [0.3, 0.4) is 0 Å². The molecule has 1 aliphatic rings. The van der Waals surface area contributed by atoms with Crippen molar-refractivity contribution in [3.8, 4) is 0 Å². The highest BCUT2D eigenvalue weighted by Crippen LogP contribution is 2.31. The average molecular weight is 356 g/mol. The van der Waals surface area contributed by atoms with Crippen molar-refractivity contribution in [3.05, 3.63) is 47.3 Å². The van der Waals surface area contributed by atoms with E-state index in [1.807, 2.05) is 26.1 Å². The summed E-state index contributed by atoms with van der Waals surface area (Å²) in [6.45, 7) is 2.25. The third-order valence-corrected chi connectivity index (χ3v) is 4.56. The molecule has 0 bridgehead atoms. The average Bonchev–Trinajstić information content (AvgIpc) is 3.38. The van der Waals surface area contributed by atoms with E-state index >= 15 is 0 Å². The van der Waals surface area contributed by atoms with Crippen molar-refractivity contribution >= 4 is 17.5 Å². The Kier molecular flexibility index (Phi) is 5.37. The number of anilines is 1. The number of aromatic nitrogens is 2. The smallest absolute Gasteiger partial charge is 0.251 e. The number of carbonyl (C=O) groups excluding carboxylic acids is 2. The lowest BCUT2D eigenvalue weighted by atomic mass is 10.1. The molecule has 0 saturated heterocycles. The van der Waals surface area contributed by atoms with Crippen molar-refractivity contribution in [3.63, 3.8) is 0 Å². The fourth-order valence-corrected chi connectivity index (χ4v) is 2.81. The van der Waals surface area contributed by atoms with E-state index in [0.717, 1.165) is 24.1 Å². The number of carbonyl (C=O) groups is 2. The minimum absolute atomic E-state index is 0.0257. The van der Waals surface area contributed by atoms with Gasteiger partial charge in [0.05, 0.1) is 18.3 Å². The molecule has 3 rings (SSSR count). The van der Waals surface area contributed by atoms with Crippen LogP contribution < -0.4 is 10.6 Å². The monoisotopic (exact) mass is 356 g/mol. The van der Waals surface area contributed by atoms with Crippen LogP contribution in [0.2, 0.25) is 0 Å². The number of hydrogen-bond donors (Lipinski definition) is 2. The summed E-state index contributed by atoms with van der Waals surface area (Å²) in [6, 6.07) is 6.85. The molecule has 0 radical (unpaired) electrons. The van der Waals surface area contributed by atoms with Gasteiger partial charge in [0.25, 0.3) is 5.91 Å². The van der Waals surface area contributed by atoms with Gasteiger partial charge in [-0.25, -0.2) is 0 Å². The molecule has 1 aliphatic carbocycles. The first-order chi connectivity index (χ1) is 12.5. The molecule has 1 atom stereocenters. The number of amides is 2. The predicted octanol–water partition coefficient (Wildman–Crippen LogP) is 2.19. The van der Waals surface area contributed by atoms with Crippen LogP contribution in [0.4, 0.5) is 5.69 Å². The number of ether oxygens (including phenoxy) is 1. The maximum Gasteiger partial charge on any atom is 0.251 e. The molecular formula is C19H24N4O3. The van der Waals surface area contributed by atoms with Gasteiger partial charge in [-0.1, -0.05) is 6.07 Å². The molecule has 2 amide bonds. The number of nitrogens with zero attached hydrogens (tertiary/aromatic N) is 2. The van der Waals surface area contributed by atoms with Crippen molar-refractivity contribution in [1.82, 2.24) is 15.1 Å². The van der Waals surface area contributed by atoms with E-state index in [2.05, 4.69) is 15.7 Å². The maximum absolute atomic E-state index is 12.7. The Balaban J connectivity index is 1.75. The van der Waals surface area contributed by atoms with Gasteiger partial charge < -0.3 is 15.4 Å². The van der Waals surface area contributed by atoms with Gasteiger partial charge in [-0.3, -0.25) is 14.3 Å². The summed E-state index contributed by atoms with van der Waals surface area (Å²) in [5, 5.41) is 10.0. The Morgan fingerprint density at radius 2 is 2.12 bits per heavy atom. The molecule has 1 heterocycles. The van der Waals surface area contributed by atoms with Gasteiger partial charge in [0.1, 0.15) is 0 Å². The van der Waals surface area contributed by atoms with E-state index in [-0.39, 0.29) is 23.8 Å². The van der Waals surface area contributed by atoms with Crippen LogP contribution in [-0.2, 0) is 16.6 Å². The number of nitrogens with one attached hydrogen (secondary N) is 2. The van der Waals surface area contributed by atoms with E-state index in [0.29, 0.717) is 17.9 Å². The lowest BCUT2D eigenvalue weighted by Gasteiger charge is -2.19. The Bertz CT molecular complexity index is 811. The second-order valence-corrected chi connectivity index (χ2v) is 6.65. The molecule has 1 saturated carbocycles. The molecule has 0 spiro atoms. The molecule has 0 aliphatic heterocycles. The van der Waals surface area contributed by atoms with Crippen molar-refractivity contribution in [2.45, 2.75) is 25.8 Å². The highest BCUT2D eigenvalue weighted by molar-refractivity contribution is 5.99. The van der Waals surface area contributed by atoms with Gasteiger partial charge in [0.15, 0.2) is 0 Å².